The van der Waals surface area contributed by atoms with E-state index in [2.05, 4.69) is 4.98 Å². The molecule has 2 aromatic rings. The predicted molar refractivity (Wildman–Crippen MR) is 58.9 cm³/mol. The molecule has 16 heavy (non-hydrogen) atoms. The van der Waals surface area contributed by atoms with Crippen molar-refractivity contribution in [1.29, 1.82) is 0 Å². The number of aromatic nitrogens is 1. The zero-order valence-electron chi connectivity index (χ0n) is 8.27. The Balaban J connectivity index is 2.60. The van der Waals surface area contributed by atoms with Gasteiger partial charge in [-0.2, -0.15) is 0 Å². The van der Waals surface area contributed by atoms with Gasteiger partial charge in [-0.25, -0.2) is 13.4 Å². The summed E-state index contributed by atoms with van der Waals surface area (Å²) in [6, 6.07) is 3.03. The van der Waals surface area contributed by atoms with Crippen LogP contribution in [0.4, 0.5) is 0 Å². The van der Waals surface area contributed by atoms with Gasteiger partial charge in [-0.3, -0.25) is 0 Å². The van der Waals surface area contributed by atoms with Crippen molar-refractivity contribution < 1.29 is 17.9 Å². The normalized spacial score (nSPS) is 12.1. The van der Waals surface area contributed by atoms with E-state index in [0.717, 1.165) is 0 Å². The molecule has 0 aliphatic carbocycles. The first kappa shape index (κ1) is 11.2. The number of halogens is 1. The fraction of sp³-hybridized carbons (Fsp3) is 0.222. The molecule has 0 bridgehead atoms. The average molecular weight is 262 g/mol. The molecule has 0 saturated carbocycles. The zero-order valence-corrected chi connectivity index (χ0v) is 9.84. The van der Waals surface area contributed by atoms with Gasteiger partial charge in [-0.05, 0) is 6.07 Å². The van der Waals surface area contributed by atoms with Gasteiger partial charge in [0.15, 0.2) is 17.2 Å². The van der Waals surface area contributed by atoms with Crippen LogP contribution >= 0.6 is 10.7 Å². The molecule has 1 aromatic heterocycles. The number of aryl methyl sites for hydroxylation is 1. The lowest BCUT2D eigenvalue weighted by atomic mass is 10.2. The first-order chi connectivity index (χ1) is 7.37. The maximum absolute atomic E-state index is 10.9. The minimum Gasteiger partial charge on any atom is -0.504 e. The molecule has 1 N–H and O–H groups in total. The van der Waals surface area contributed by atoms with Crippen molar-refractivity contribution in [2.24, 2.45) is 0 Å². The molecule has 7 heteroatoms. The molecular weight excluding hydrogens is 254 g/mol. The van der Waals surface area contributed by atoms with E-state index in [9.17, 15) is 13.5 Å². The van der Waals surface area contributed by atoms with Crippen LogP contribution in [0.2, 0.25) is 0 Å². The number of nitrogens with zero attached hydrogens (tertiary/aromatic N) is 1. The largest absolute Gasteiger partial charge is 0.504 e. The van der Waals surface area contributed by atoms with Crippen molar-refractivity contribution in [3.8, 4) is 5.75 Å². The van der Waals surface area contributed by atoms with E-state index in [0.29, 0.717) is 11.4 Å². The molecule has 2 rings (SSSR count). The van der Waals surface area contributed by atoms with Crippen molar-refractivity contribution in [3.63, 3.8) is 0 Å². The van der Waals surface area contributed by atoms with E-state index in [1.807, 2.05) is 0 Å². The predicted octanol–water partition coefficient (Wildman–Crippen LogP) is 1.91. The highest BCUT2D eigenvalue weighted by Crippen LogP contribution is 2.30. The number of hydrogen-bond acceptors (Lipinski definition) is 5. The molecule has 0 spiro atoms. The van der Waals surface area contributed by atoms with Gasteiger partial charge >= 0.3 is 0 Å². The molecule has 0 amide bonds. The van der Waals surface area contributed by atoms with Crippen LogP contribution in [-0.4, -0.2) is 18.5 Å². The van der Waals surface area contributed by atoms with Crippen molar-refractivity contribution in [2.45, 2.75) is 12.7 Å². The second-order valence-electron chi connectivity index (χ2n) is 3.34. The van der Waals surface area contributed by atoms with Crippen LogP contribution in [0.5, 0.6) is 5.75 Å². The van der Waals surface area contributed by atoms with E-state index in [4.69, 9.17) is 15.1 Å². The molecule has 0 fully saturated rings. The zero-order chi connectivity index (χ0) is 11.9. The molecule has 0 aliphatic heterocycles. The van der Waals surface area contributed by atoms with Crippen LogP contribution in [-0.2, 0) is 14.8 Å². The van der Waals surface area contributed by atoms with Gasteiger partial charge in [0.1, 0.15) is 5.52 Å². The van der Waals surface area contributed by atoms with Gasteiger partial charge in [-0.15, -0.1) is 0 Å². The van der Waals surface area contributed by atoms with E-state index in [1.165, 1.54) is 6.07 Å². The van der Waals surface area contributed by atoms with Crippen LogP contribution in [0, 0.1) is 6.92 Å². The van der Waals surface area contributed by atoms with Crippen molar-refractivity contribution in [2.75, 3.05) is 0 Å². The summed E-state index contributed by atoms with van der Waals surface area (Å²) in [5.74, 6) is -0.283. The summed E-state index contributed by atoms with van der Waals surface area (Å²) in [6.07, 6.45) is 0. The summed E-state index contributed by atoms with van der Waals surface area (Å²) in [5.41, 5.74) is 0.847. The third-order valence-corrected chi connectivity index (χ3v) is 3.03. The number of oxazole rings is 1. The Morgan fingerprint density at radius 1 is 1.50 bits per heavy atom. The van der Waals surface area contributed by atoms with Gasteiger partial charge in [0.05, 0.1) is 5.75 Å². The molecule has 5 nitrogen and oxygen atoms in total. The van der Waals surface area contributed by atoms with Gasteiger partial charge in [0.25, 0.3) is 0 Å². The van der Waals surface area contributed by atoms with Gasteiger partial charge in [-0.1, -0.05) is 6.07 Å². The lowest BCUT2D eigenvalue weighted by molar-refractivity contribution is 0.455. The maximum atomic E-state index is 10.9. The highest BCUT2D eigenvalue weighted by molar-refractivity contribution is 8.13. The number of phenols is 1. The van der Waals surface area contributed by atoms with Crippen molar-refractivity contribution >= 4 is 30.8 Å². The van der Waals surface area contributed by atoms with Crippen LogP contribution in [0.15, 0.2) is 16.5 Å². The molecule has 0 unspecified atom stereocenters. The number of phenolic OH excluding ortho intramolecular Hbond substituents is 1. The maximum Gasteiger partial charge on any atom is 0.236 e. The van der Waals surface area contributed by atoms with E-state index in [-0.39, 0.29) is 16.9 Å². The summed E-state index contributed by atoms with van der Waals surface area (Å²) in [6.45, 7) is 1.64. The Labute approximate surface area is 96.1 Å². The lowest BCUT2D eigenvalue weighted by Crippen LogP contribution is -1.95. The number of hydrogen-bond donors (Lipinski definition) is 1. The summed E-state index contributed by atoms with van der Waals surface area (Å²) in [5, 5.41) is 9.77. The topological polar surface area (TPSA) is 80.4 Å². The SMILES string of the molecule is Cc1nc2ccc(CS(=O)(=O)Cl)c(O)c2o1. The van der Waals surface area contributed by atoms with E-state index < -0.39 is 14.8 Å². The average Bonchev–Trinajstić information content (AvgIpc) is 2.50. The van der Waals surface area contributed by atoms with Crippen LogP contribution in [0.1, 0.15) is 11.5 Å². The number of rotatable bonds is 2. The third-order valence-electron chi connectivity index (χ3n) is 2.05. The number of benzene rings is 1. The number of aromatic hydroxyl groups is 1. The Bertz CT molecular complexity index is 647. The third kappa shape index (κ3) is 2.12. The molecular formula is C9H8ClNO4S. The van der Waals surface area contributed by atoms with Gasteiger partial charge in [0.2, 0.25) is 9.05 Å². The second-order valence-corrected chi connectivity index (χ2v) is 6.11. The lowest BCUT2D eigenvalue weighted by Gasteiger charge is -2.01. The minimum atomic E-state index is -3.71. The van der Waals surface area contributed by atoms with E-state index >= 15 is 0 Å². The highest BCUT2D eigenvalue weighted by Gasteiger charge is 2.16. The highest BCUT2D eigenvalue weighted by atomic mass is 35.7. The Morgan fingerprint density at radius 3 is 2.81 bits per heavy atom. The Kier molecular flexibility index (Phi) is 2.55. The van der Waals surface area contributed by atoms with Crippen molar-refractivity contribution in [3.05, 3.63) is 23.6 Å². The fourth-order valence-electron chi connectivity index (χ4n) is 1.43. The standard InChI is InChI=1S/C9H8ClNO4S/c1-5-11-7-3-2-6(4-16(10,13)14)8(12)9(7)15-5/h2-3,12H,4H2,1H3. The molecule has 0 atom stereocenters. The molecule has 1 aromatic carbocycles. The first-order valence-electron chi connectivity index (χ1n) is 4.37. The Morgan fingerprint density at radius 2 is 2.19 bits per heavy atom. The van der Waals surface area contributed by atoms with Crippen LogP contribution in [0.3, 0.4) is 0 Å². The summed E-state index contributed by atoms with van der Waals surface area (Å²) < 4.78 is 27.0. The molecule has 1 heterocycles. The van der Waals surface area contributed by atoms with Gasteiger partial charge < -0.3 is 9.52 Å². The molecule has 0 aliphatic rings. The summed E-state index contributed by atoms with van der Waals surface area (Å²) >= 11 is 0. The monoisotopic (exact) mass is 261 g/mol. The number of fused-ring (bicyclic) bond motifs is 1. The second kappa shape index (κ2) is 3.64. The fourth-order valence-corrected chi connectivity index (χ4v) is 2.39. The first-order valence-corrected chi connectivity index (χ1v) is 6.85. The van der Waals surface area contributed by atoms with Crippen LogP contribution in [0.25, 0.3) is 11.1 Å². The van der Waals surface area contributed by atoms with E-state index in [1.54, 1.807) is 13.0 Å². The molecule has 86 valence electrons. The minimum absolute atomic E-state index is 0.176. The summed E-state index contributed by atoms with van der Waals surface area (Å²) in [7, 11) is 1.40. The molecule has 0 radical (unpaired) electrons. The summed E-state index contributed by atoms with van der Waals surface area (Å²) in [4.78, 5) is 4.00. The Hall–Kier alpha value is -1.27. The van der Waals surface area contributed by atoms with Crippen molar-refractivity contribution in [1.82, 2.24) is 4.98 Å². The van der Waals surface area contributed by atoms with Crippen LogP contribution < -0.4 is 0 Å². The van der Waals surface area contributed by atoms with Gasteiger partial charge in [0, 0.05) is 23.2 Å². The smallest absolute Gasteiger partial charge is 0.236 e. The quantitative estimate of drug-likeness (QED) is 0.835. The molecule has 0 saturated heterocycles.